The van der Waals surface area contributed by atoms with Crippen molar-refractivity contribution in [1.82, 2.24) is 14.7 Å². The van der Waals surface area contributed by atoms with Gasteiger partial charge >= 0.3 is 0 Å². The monoisotopic (exact) mass is 502 g/mol. The van der Waals surface area contributed by atoms with Crippen molar-refractivity contribution in [1.29, 1.82) is 0 Å². The molecule has 0 bridgehead atoms. The van der Waals surface area contributed by atoms with E-state index in [0.29, 0.717) is 5.69 Å². The molecule has 9 heteroatoms. The average Bonchev–Trinajstić information content (AvgIpc) is 2.87. The Bertz CT molecular complexity index is 1500. The van der Waals surface area contributed by atoms with Gasteiger partial charge in [-0.15, -0.1) is 0 Å². The van der Waals surface area contributed by atoms with Crippen LogP contribution in [0.5, 0.6) is 0 Å². The van der Waals surface area contributed by atoms with E-state index in [-0.39, 0.29) is 23.3 Å². The summed E-state index contributed by atoms with van der Waals surface area (Å²) in [6, 6.07) is 21.1. The third kappa shape index (κ3) is 5.99. The molecule has 184 valence electrons. The first-order chi connectivity index (χ1) is 17.2. The van der Waals surface area contributed by atoms with Crippen molar-refractivity contribution >= 4 is 38.2 Å². The van der Waals surface area contributed by atoms with Gasteiger partial charge in [-0.25, -0.2) is 23.1 Å². The number of rotatable bonds is 9. The Morgan fingerprint density at radius 2 is 1.61 bits per heavy atom. The number of nitrogens with zero attached hydrogens (tertiary/aromatic N) is 3. The molecule has 0 atom stereocenters. The zero-order chi connectivity index (χ0) is 25.7. The van der Waals surface area contributed by atoms with Gasteiger partial charge in [0.1, 0.15) is 0 Å². The summed E-state index contributed by atoms with van der Waals surface area (Å²) in [5.41, 5.74) is 1.19. The molecule has 4 aromatic rings. The number of ketones is 1. The molecule has 1 N–H and O–H groups in total. The van der Waals surface area contributed by atoms with Crippen LogP contribution in [0.25, 0.3) is 10.8 Å². The average molecular weight is 503 g/mol. The molecule has 0 saturated carbocycles. The number of fused-ring (bicyclic) bond motifs is 1. The van der Waals surface area contributed by atoms with Gasteiger partial charge in [0.05, 0.1) is 17.9 Å². The van der Waals surface area contributed by atoms with Crippen molar-refractivity contribution in [2.75, 3.05) is 4.90 Å². The van der Waals surface area contributed by atoms with Gasteiger partial charge in [-0.05, 0) is 60.5 Å². The Morgan fingerprint density at radius 3 is 2.33 bits per heavy atom. The molecule has 0 fully saturated rings. The molecule has 0 aliphatic carbocycles. The van der Waals surface area contributed by atoms with Crippen LogP contribution in [0.2, 0.25) is 0 Å². The number of amides is 1. The smallest absolute Gasteiger partial charge is 0.240 e. The minimum Gasteiger partial charge on any atom is -0.308 e. The largest absolute Gasteiger partial charge is 0.308 e. The first-order valence-corrected chi connectivity index (χ1v) is 12.9. The fourth-order valence-corrected chi connectivity index (χ4v) is 5.09. The predicted octanol–water partition coefficient (Wildman–Crippen LogP) is 4.12. The zero-order valence-electron chi connectivity index (χ0n) is 20.0. The maximum absolute atomic E-state index is 13.4. The standard InChI is InChI=1S/C27H26N4O4S/c1-19(2)30-36(34,35)24-10-5-9-23(16-24)31(26(33)17-25(32)27-28-13-6-14-29-27)18-20-11-12-21-7-3-4-8-22(21)15-20/h3-16,19,30H,17-18H2,1-2H3. The second-order valence-electron chi connectivity index (χ2n) is 8.61. The molecule has 0 aliphatic heterocycles. The first-order valence-electron chi connectivity index (χ1n) is 11.4. The number of anilines is 1. The van der Waals surface area contributed by atoms with Crippen molar-refractivity contribution in [3.05, 3.63) is 96.6 Å². The number of hydrogen-bond donors (Lipinski definition) is 1. The van der Waals surface area contributed by atoms with Gasteiger partial charge < -0.3 is 4.90 Å². The van der Waals surface area contributed by atoms with Crippen LogP contribution in [0.15, 0.2) is 90.1 Å². The highest BCUT2D eigenvalue weighted by Crippen LogP contribution is 2.24. The van der Waals surface area contributed by atoms with Crippen LogP contribution >= 0.6 is 0 Å². The van der Waals surface area contributed by atoms with E-state index in [1.807, 2.05) is 42.5 Å². The van der Waals surface area contributed by atoms with E-state index < -0.39 is 28.1 Å². The lowest BCUT2D eigenvalue weighted by atomic mass is 10.1. The summed E-state index contributed by atoms with van der Waals surface area (Å²) in [4.78, 5) is 35.4. The summed E-state index contributed by atoms with van der Waals surface area (Å²) in [7, 11) is -3.78. The Hall–Kier alpha value is -3.95. The SMILES string of the molecule is CC(C)NS(=O)(=O)c1cccc(N(Cc2ccc3ccccc3c2)C(=O)CC(=O)c2ncccn2)c1. The van der Waals surface area contributed by atoms with Gasteiger partial charge in [0.25, 0.3) is 0 Å². The molecule has 0 radical (unpaired) electrons. The minimum atomic E-state index is -3.78. The number of hydrogen-bond acceptors (Lipinski definition) is 6. The van der Waals surface area contributed by atoms with Crippen molar-refractivity contribution in [2.24, 2.45) is 0 Å². The molecular weight excluding hydrogens is 476 g/mol. The van der Waals surface area contributed by atoms with Crippen LogP contribution in [0, 0.1) is 0 Å². The second kappa shape index (κ2) is 10.8. The van der Waals surface area contributed by atoms with Crippen LogP contribution in [0.3, 0.4) is 0 Å². The third-order valence-electron chi connectivity index (χ3n) is 5.41. The van der Waals surface area contributed by atoms with E-state index in [9.17, 15) is 18.0 Å². The molecule has 0 saturated heterocycles. The molecule has 4 rings (SSSR count). The summed E-state index contributed by atoms with van der Waals surface area (Å²) in [5, 5.41) is 2.07. The zero-order valence-corrected chi connectivity index (χ0v) is 20.8. The summed E-state index contributed by atoms with van der Waals surface area (Å²) in [5.74, 6) is -1.06. The number of benzene rings is 3. The van der Waals surface area contributed by atoms with E-state index >= 15 is 0 Å². The summed E-state index contributed by atoms with van der Waals surface area (Å²) in [6.45, 7) is 3.61. The van der Waals surface area contributed by atoms with Crippen LogP contribution in [-0.4, -0.2) is 36.1 Å². The highest BCUT2D eigenvalue weighted by atomic mass is 32.2. The molecule has 1 amide bonds. The number of nitrogens with one attached hydrogen (secondary N) is 1. The van der Waals surface area contributed by atoms with Crippen LogP contribution < -0.4 is 9.62 Å². The molecule has 0 aliphatic rings. The highest BCUT2D eigenvalue weighted by molar-refractivity contribution is 7.89. The van der Waals surface area contributed by atoms with Gasteiger partial charge in [-0.2, -0.15) is 0 Å². The summed E-state index contributed by atoms with van der Waals surface area (Å²) in [6.07, 6.45) is 2.42. The molecule has 1 heterocycles. The molecular formula is C27H26N4O4S. The fourth-order valence-electron chi connectivity index (χ4n) is 3.79. The Balaban J connectivity index is 1.70. The van der Waals surface area contributed by atoms with E-state index in [2.05, 4.69) is 14.7 Å². The Labute approximate surface area is 210 Å². The van der Waals surface area contributed by atoms with Crippen LogP contribution in [0.1, 0.15) is 36.5 Å². The van der Waals surface area contributed by atoms with E-state index in [1.54, 1.807) is 32.0 Å². The van der Waals surface area contributed by atoms with Gasteiger partial charge in [0.15, 0.2) is 5.82 Å². The number of aromatic nitrogens is 2. The Kier molecular flexibility index (Phi) is 7.52. The normalized spacial score (nSPS) is 11.5. The van der Waals surface area contributed by atoms with Gasteiger partial charge in [-0.1, -0.05) is 42.5 Å². The fraction of sp³-hybridized carbons (Fsp3) is 0.185. The maximum Gasteiger partial charge on any atom is 0.240 e. The van der Waals surface area contributed by atoms with Crippen LogP contribution in [-0.2, 0) is 21.4 Å². The topological polar surface area (TPSA) is 109 Å². The molecule has 3 aromatic carbocycles. The highest BCUT2D eigenvalue weighted by Gasteiger charge is 2.24. The predicted molar refractivity (Wildman–Crippen MR) is 138 cm³/mol. The summed E-state index contributed by atoms with van der Waals surface area (Å²) >= 11 is 0. The quantitative estimate of drug-likeness (QED) is 0.272. The van der Waals surface area contributed by atoms with Gasteiger partial charge in [0, 0.05) is 24.1 Å². The second-order valence-corrected chi connectivity index (χ2v) is 10.3. The van der Waals surface area contributed by atoms with Crippen LogP contribution in [0.4, 0.5) is 5.69 Å². The van der Waals surface area contributed by atoms with E-state index in [4.69, 9.17) is 0 Å². The molecule has 0 unspecified atom stereocenters. The lowest BCUT2D eigenvalue weighted by molar-refractivity contribution is -0.117. The van der Waals surface area contributed by atoms with E-state index in [0.717, 1.165) is 16.3 Å². The van der Waals surface area contributed by atoms with Crippen molar-refractivity contribution in [3.8, 4) is 0 Å². The number of carbonyl (C=O) groups excluding carboxylic acids is 2. The molecule has 0 spiro atoms. The molecule has 36 heavy (non-hydrogen) atoms. The Morgan fingerprint density at radius 1 is 0.889 bits per heavy atom. The first kappa shape index (κ1) is 25.2. The van der Waals surface area contributed by atoms with Gasteiger partial charge in [-0.3, -0.25) is 9.59 Å². The molecule has 1 aromatic heterocycles. The third-order valence-corrected chi connectivity index (χ3v) is 7.07. The number of carbonyl (C=O) groups is 2. The van der Waals surface area contributed by atoms with E-state index in [1.165, 1.54) is 29.4 Å². The van der Waals surface area contributed by atoms with Crippen molar-refractivity contribution in [2.45, 2.75) is 37.8 Å². The minimum absolute atomic E-state index is 0.0303. The maximum atomic E-state index is 13.4. The lowest BCUT2D eigenvalue weighted by Gasteiger charge is -2.24. The van der Waals surface area contributed by atoms with Crippen molar-refractivity contribution < 1.29 is 18.0 Å². The number of sulfonamides is 1. The number of Topliss-reactive ketones (excluding diaryl/α,β-unsaturated/α-hetero) is 1. The summed E-state index contributed by atoms with van der Waals surface area (Å²) < 4.78 is 28.1. The lowest BCUT2D eigenvalue weighted by Crippen LogP contribution is -2.33. The van der Waals surface area contributed by atoms with Crippen molar-refractivity contribution in [3.63, 3.8) is 0 Å². The molecule has 8 nitrogen and oxygen atoms in total. The van der Waals surface area contributed by atoms with Gasteiger partial charge in [0.2, 0.25) is 21.7 Å².